The molecule has 0 heterocycles. The Kier molecular flexibility index (Phi) is 4.37. The highest BCUT2D eigenvalue weighted by atomic mass is 16.3. The first kappa shape index (κ1) is 14.3. The summed E-state index contributed by atoms with van der Waals surface area (Å²) in [4.78, 5) is 2.24. The lowest BCUT2D eigenvalue weighted by molar-refractivity contribution is -0.113. The van der Waals surface area contributed by atoms with Gasteiger partial charge in [0.05, 0.1) is 0 Å². The van der Waals surface area contributed by atoms with E-state index in [1.54, 1.807) is 0 Å². The monoisotopic (exact) mass is 281 g/mol. The Bertz CT molecular complexity index is 505. The fraction of sp³-hybridized carbons (Fsp3) is 0.368. The lowest BCUT2D eigenvalue weighted by Gasteiger charge is -2.37. The first-order valence-electron chi connectivity index (χ1n) is 7.82. The number of hydrogen-bond acceptors (Lipinski definition) is 2. The van der Waals surface area contributed by atoms with Crippen LogP contribution in [0.2, 0.25) is 0 Å². The second kappa shape index (κ2) is 6.42. The van der Waals surface area contributed by atoms with Gasteiger partial charge in [-0.05, 0) is 36.8 Å². The summed E-state index contributed by atoms with van der Waals surface area (Å²) < 4.78 is 0. The van der Waals surface area contributed by atoms with Gasteiger partial charge in [-0.25, -0.2) is 0 Å². The molecule has 0 unspecified atom stereocenters. The van der Waals surface area contributed by atoms with Gasteiger partial charge in [0, 0.05) is 13.1 Å². The molecule has 1 aliphatic rings. The molecule has 0 saturated heterocycles. The van der Waals surface area contributed by atoms with E-state index in [2.05, 4.69) is 53.4 Å². The zero-order valence-corrected chi connectivity index (χ0v) is 12.4. The number of aliphatic hydroxyl groups is 1. The third-order valence-electron chi connectivity index (χ3n) is 4.43. The summed E-state index contributed by atoms with van der Waals surface area (Å²) in [5.41, 5.74) is 1.87. The molecule has 21 heavy (non-hydrogen) atoms. The van der Waals surface area contributed by atoms with Crippen molar-refractivity contribution in [1.82, 2.24) is 4.90 Å². The molecule has 0 atom stereocenters. The minimum absolute atomic E-state index is 0.647. The third-order valence-corrected chi connectivity index (χ3v) is 4.43. The predicted octanol–water partition coefficient (Wildman–Crippen LogP) is 3.95. The Hall–Kier alpha value is -1.64. The van der Waals surface area contributed by atoms with Gasteiger partial charge in [0.1, 0.15) is 5.72 Å². The van der Waals surface area contributed by atoms with E-state index in [9.17, 15) is 5.11 Å². The Labute approximate surface area is 127 Å². The van der Waals surface area contributed by atoms with E-state index in [0.29, 0.717) is 0 Å². The zero-order chi connectivity index (χ0) is 14.5. The minimum atomic E-state index is -0.647. The largest absolute Gasteiger partial charge is 0.376 e. The van der Waals surface area contributed by atoms with E-state index in [4.69, 9.17) is 0 Å². The molecule has 3 rings (SSSR count). The molecule has 1 saturated carbocycles. The Balaban J connectivity index is 1.81. The molecule has 0 aliphatic heterocycles. The fourth-order valence-electron chi connectivity index (χ4n) is 3.22. The van der Waals surface area contributed by atoms with Gasteiger partial charge in [-0.15, -0.1) is 0 Å². The molecule has 0 spiro atoms. The quantitative estimate of drug-likeness (QED) is 0.839. The van der Waals surface area contributed by atoms with Gasteiger partial charge in [0.25, 0.3) is 0 Å². The van der Waals surface area contributed by atoms with Crippen molar-refractivity contribution in [2.75, 3.05) is 0 Å². The van der Waals surface area contributed by atoms with Gasteiger partial charge in [0.2, 0.25) is 0 Å². The average molecular weight is 281 g/mol. The average Bonchev–Trinajstić information content (AvgIpc) is 2.97. The van der Waals surface area contributed by atoms with Crippen molar-refractivity contribution in [3.8, 4) is 0 Å². The zero-order valence-electron chi connectivity index (χ0n) is 12.4. The summed E-state index contributed by atoms with van der Waals surface area (Å²) >= 11 is 0. The normalized spacial score (nSPS) is 17.2. The number of hydrogen-bond donors (Lipinski definition) is 1. The van der Waals surface area contributed by atoms with Crippen LogP contribution in [0.5, 0.6) is 0 Å². The standard InChI is InChI=1S/C19H23NO/c21-19(13-7-8-14-19)20(15-17-9-3-1-4-10-17)16-18-11-5-2-6-12-18/h1-6,9-12,21H,7-8,13-16H2. The van der Waals surface area contributed by atoms with E-state index in [1.165, 1.54) is 11.1 Å². The second-order valence-corrected chi connectivity index (χ2v) is 6.02. The van der Waals surface area contributed by atoms with Gasteiger partial charge in [-0.1, -0.05) is 60.7 Å². The highest BCUT2D eigenvalue weighted by molar-refractivity contribution is 5.17. The molecule has 1 fully saturated rings. The molecule has 2 nitrogen and oxygen atoms in total. The van der Waals surface area contributed by atoms with Crippen LogP contribution in [0.4, 0.5) is 0 Å². The Morgan fingerprint density at radius 2 is 1.19 bits per heavy atom. The van der Waals surface area contributed by atoms with E-state index < -0.39 is 5.72 Å². The minimum Gasteiger partial charge on any atom is -0.376 e. The number of rotatable bonds is 5. The molecule has 0 bridgehead atoms. The van der Waals surface area contributed by atoms with Crippen LogP contribution in [0.1, 0.15) is 36.8 Å². The SMILES string of the molecule is OC1(N(Cc2ccccc2)Cc2ccccc2)CCCC1. The molecule has 2 heteroatoms. The summed E-state index contributed by atoms with van der Waals surface area (Å²) in [5, 5.41) is 11.0. The first-order valence-corrected chi connectivity index (χ1v) is 7.82. The van der Waals surface area contributed by atoms with Gasteiger partial charge in [-0.2, -0.15) is 0 Å². The van der Waals surface area contributed by atoms with Crippen molar-refractivity contribution in [3.63, 3.8) is 0 Å². The van der Waals surface area contributed by atoms with Crippen LogP contribution < -0.4 is 0 Å². The van der Waals surface area contributed by atoms with E-state index >= 15 is 0 Å². The van der Waals surface area contributed by atoms with E-state index in [1.807, 2.05) is 12.1 Å². The summed E-state index contributed by atoms with van der Waals surface area (Å²) in [7, 11) is 0. The lowest BCUT2D eigenvalue weighted by atomic mass is 10.1. The molecule has 1 N–H and O–H groups in total. The van der Waals surface area contributed by atoms with Crippen LogP contribution in [0.25, 0.3) is 0 Å². The third kappa shape index (κ3) is 3.52. The van der Waals surface area contributed by atoms with Crippen LogP contribution in [-0.4, -0.2) is 15.7 Å². The number of nitrogens with zero attached hydrogens (tertiary/aromatic N) is 1. The summed E-state index contributed by atoms with van der Waals surface area (Å²) in [6, 6.07) is 20.9. The molecular weight excluding hydrogens is 258 g/mol. The maximum Gasteiger partial charge on any atom is 0.119 e. The van der Waals surface area contributed by atoms with Crippen LogP contribution in [-0.2, 0) is 13.1 Å². The van der Waals surface area contributed by atoms with Crippen molar-refractivity contribution in [3.05, 3.63) is 71.8 Å². The van der Waals surface area contributed by atoms with Crippen LogP contribution >= 0.6 is 0 Å². The Morgan fingerprint density at radius 1 is 0.762 bits per heavy atom. The smallest absolute Gasteiger partial charge is 0.119 e. The highest BCUT2D eigenvalue weighted by Crippen LogP contribution is 2.34. The van der Waals surface area contributed by atoms with Gasteiger partial charge in [0.15, 0.2) is 0 Å². The maximum atomic E-state index is 11.0. The number of benzene rings is 2. The molecule has 2 aromatic carbocycles. The molecule has 2 aromatic rings. The fourth-order valence-corrected chi connectivity index (χ4v) is 3.22. The molecular formula is C19H23NO. The predicted molar refractivity (Wildman–Crippen MR) is 85.5 cm³/mol. The molecule has 0 radical (unpaired) electrons. The first-order chi connectivity index (χ1) is 10.3. The van der Waals surface area contributed by atoms with Crippen LogP contribution in [0.3, 0.4) is 0 Å². The van der Waals surface area contributed by atoms with E-state index in [-0.39, 0.29) is 0 Å². The van der Waals surface area contributed by atoms with Gasteiger partial charge >= 0.3 is 0 Å². The second-order valence-electron chi connectivity index (χ2n) is 6.02. The molecule has 1 aliphatic carbocycles. The Morgan fingerprint density at radius 3 is 1.62 bits per heavy atom. The van der Waals surface area contributed by atoms with Gasteiger partial charge < -0.3 is 5.11 Å². The summed E-state index contributed by atoms with van der Waals surface area (Å²) in [5.74, 6) is 0. The lowest BCUT2D eigenvalue weighted by Crippen LogP contribution is -2.45. The topological polar surface area (TPSA) is 23.5 Å². The molecule has 0 amide bonds. The summed E-state index contributed by atoms with van der Waals surface area (Å²) in [6.07, 6.45) is 4.01. The van der Waals surface area contributed by atoms with Crippen molar-refractivity contribution in [2.45, 2.75) is 44.5 Å². The highest BCUT2D eigenvalue weighted by Gasteiger charge is 2.37. The van der Waals surface area contributed by atoms with Crippen molar-refractivity contribution in [2.24, 2.45) is 0 Å². The van der Waals surface area contributed by atoms with Crippen molar-refractivity contribution >= 4 is 0 Å². The van der Waals surface area contributed by atoms with Crippen LogP contribution in [0.15, 0.2) is 60.7 Å². The van der Waals surface area contributed by atoms with Crippen molar-refractivity contribution in [1.29, 1.82) is 0 Å². The van der Waals surface area contributed by atoms with E-state index in [0.717, 1.165) is 38.8 Å². The van der Waals surface area contributed by atoms with Crippen molar-refractivity contribution < 1.29 is 5.11 Å². The van der Waals surface area contributed by atoms with Crippen LogP contribution in [0, 0.1) is 0 Å². The maximum absolute atomic E-state index is 11.0. The summed E-state index contributed by atoms with van der Waals surface area (Å²) in [6.45, 7) is 1.60. The molecule has 110 valence electrons. The molecule has 0 aromatic heterocycles. The van der Waals surface area contributed by atoms with Gasteiger partial charge in [-0.3, -0.25) is 4.90 Å².